The highest BCUT2D eigenvalue weighted by molar-refractivity contribution is 5.95. The number of amides is 2. The molecule has 3 heterocycles. The Hall–Kier alpha value is -2.93. The van der Waals surface area contributed by atoms with Crippen molar-refractivity contribution in [3.8, 4) is 0 Å². The van der Waals surface area contributed by atoms with Gasteiger partial charge in [0.15, 0.2) is 0 Å². The lowest BCUT2D eigenvalue weighted by molar-refractivity contribution is -0.140. The first-order valence-corrected chi connectivity index (χ1v) is 9.93. The monoisotopic (exact) mass is 395 g/mol. The summed E-state index contributed by atoms with van der Waals surface area (Å²) in [4.78, 5) is 40.8. The highest BCUT2D eigenvalue weighted by atomic mass is 16.5. The van der Waals surface area contributed by atoms with Crippen molar-refractivity contribution in [3.05, 3.63) is 64.6 Å². The van der Waals surface area contributed by atoms with Crippen LogP contribution in [0.5, 0.6) is 0 Å². The lowest BCUT2D eigenvalue weighted by Crippen LogP contribution is -2.55. The van der Waals surface area contributed by atoms with Gasteiger partial charge in [-0.1, -0.05) is 18.2 Å². The predicted molar refractivity (Wildman–Crippen MR) is 109 cm³/mol. The van der Waals surface area contributed by atoms with Crippen LogP contribution < -0.4 is 10.5 Å². The Morgan fingerprint density at radius 3 is 2.62 bits per heavy atom. The number of ether oxygens (including phenoxy) is 1. The number of aryl methyl sites for hydroxylation is 1. The highest BCUT2D eigenvalue weighted by Gasteiger charge is 2.42. The van der Waals surface area contributed by atoms with Crippen LogP contribution in [0.25, 0.3) is 0 Å². The van der Waals surface area contributed by atoms with E-state index in [1.165, 1.54) is 10.6 Å². The second-order valence-corrected chi connectivity index (χ2v) is 7.80. The second kappa shape index (κ2) is 7.83. The van der Waals surface area contributed by atoms with Gasteiger partial charge in [-0.3, -0.25) is 14.4 Å². The molecule has 152 valence electrons. The van der Waals surface area contributed by atoms with Gasteiger partial charge in [0.05, 0.1) is 12.1 Å². The van der Waals surface area contributed by atoms with Crippen molar-refractivity contribution in [1.29, 1.82) is 0 Å². The number of rotatable bonds is 2. The van der Waals surface area contributed by atoms with Gasteiger partial charge in [-0.2, -0.15) is 0 Å². The summed E-state index contributed by atoms with van der Waals surface area (Å²) in [6.07, 6.45) is 3.83. The van der Waals surface area contributed by atoms with Crippen molar-refractivity contribution < 1.29 is 14.3 Å². The fourth-order valence-electron chi connectivity index (χ4n) is 4.10. The topological polar surface area (TPSA) is 71.8 Å². The van der Waals surface area contributed by atoms with Crippen molar-refractivity contribution >= 4 is 17.5 Å². The van der Waals surface area contributed by atoms with E-state index in [2.05, 4.69) is 0 Å². The van der Waals surface area contributed by atoms with Crippen LogP contribution in [0.2, 0.25) is 0 Å². The van der Waals surface area contributed by atoms with Crippen LogP contribution >= 0.6 is 0 Å². The number of carbonyl (C=O) groups is 2. The number of morpholine rings is 1. The molecule has 2 saturated heterocycles. The average molecular weight is 395 g/mol. The molecule has 2 fully saturated rings. The summed E-state index contributed by atoms with van der Waals surface area (Å²) in [5, 5.41) is 0. The van der Waals surface area contributed by atoms with Crippen molar-refractivity contribution in [2.45, 2.75) is 24.9 Å². The second-order valence-electron chi connectivity index (χ2n) is 7.80. The number of carbonyl (C=O) groups excluding carboxylic acids is 2. The van der Waals surface area contributed by atoms with Crippen molar-refractivity contribution in [3.63, 3.8) is 0 Å². The zero-order valence-corrected chi connectivity index (χ0v) is 16.5. The van der Waals surface area contributed by atoms with Crippen molar-refractivity contribution in [2.75, 3.05) is 31.1 Å². The van der Waals surface area contributed by atoms with E-state index in [0.29, 0.717) is 31.6 Å². The van der Waals surface area contributed by atoms with E-state index in [9.17, 15) is 14.4 Å². The molecule has 7 nitrogen and oxygen atoms in total. The third-order valence-electron chi connectivity index (χ3n) is 5.85. The normalized spacial score (nSPS) is 22.6. The first kappa shape index (κ1) is 19.4. The first-order valence-electron chi connectivity index (χ1n) is 9.93. The van der Waals surface area contributed by atoms with E-state index in [0.717, 1.165) is 18.5 Å². The summed E-state index contributed by atoms with van der Waals surface area (Å²) in [5.74, 6) is -0.175. The molecule has 2 aliphatic rings. The number of hydrogen-bond acceptors (Lipinski definition) is 4. The van der Waals surface area contributed by atoms with E-state index in [1.54, 1.807) is 29.1 Å². The lowest BCUT2D eigenvalue weighted by atomic mass is 9.92. The average Bonchev–Trinajstić information content (AvgIpc) is 2.95. The number of anilines is 1. The summed E-state index contributed by atoms with van der Waals surface area (Å²) < 4.78 is 7.48. The Morgan fingerprint density at radius 1 is 1.07 bits per heavy atom. The summed E-state index contributed by atoms with van der Waals surface area (Å²) in [6, 6.07) is 12.7. The van der Waals surface area contributed by atoms with Gasteiger partial charge in [0, 0.05) is 43.7 Å². The van der Waals surface area contributed by atoms with Crippen LogP contribution in [-0.4, -0.2) is 53.1 Å². The Bertz CT molecular complexity index is 972. The molecule has 2 amide bonds. The van der Waals surface area contributed by atoms with E-state index in [4.69, 9.17) is 4.74 Å². The fourth-order valence-corrected chi connectivity index (χ4v) is 4.10. The Kier molecular flexibility index (Phi) is 5.24. The molecule has 2 aromatic rings. The molecule has 7 heteroatoms. The molecular formula is C22H25N3O4. The Labute approximate surface area is 169 Å². The molecule has 2 aliphatic heterocycles. The van der Waals surface area contributed by atoms with Crippen LogP contribution in [0, 0.1) is 0 Å². The summed E-state index contributed by atoms with van der Waals surface area (Å²) in [5.41, 5.74) is 0.632. The molecule has 0 aliphatic carbocycles. The van der Waals surface area contributed by atoms with Gasteiger partial charge < -0.3 is 19.1 Å². The quantitative estimate of drug-likeness (QED) is 0.778. The number of hydrogen-bond donors (Lipinski definition) is 0. The van der Waals surface area contributed by atoms with Gasteiger partial charge in [-0.15, -0.1) is 0 Å². The predicted octanol–water partition coefficient (Wildman–Crippen LogP) is 1.81. The SMILES string of the molecule is Cn1ccc(C(=O)N2CCCC3(CC2)CN(c2ccccc2)C(=O)CO3)cc1=O. The van der Waals surface area contributed by atoms with E-state index in [1.807, 2.05) is 30.3 Å². The molecule has 1 atom stereocenters. The molecule has 0 bridgehead atoms. The summed E-state index contributed by atoms with van der Waals surface area (Å²) in [7, 11) is 1.66. The minimum Gasteiger partial charge on any atom is -0.363 e. The third kappa shape index (κ3) is 3.96. The zero-order valence-electron chi connectivity index (χ0n) is 16.5. The van der Waals surface area contributed by atoms with Gasteiger partial charge in [0.25, 0.3) is 17.4 Å². The van der Waals surface area contributed by atoms with Gasteiger partial charge in [0.1, 0.15) is 6.61 Å². The van der Waals surface area contributed by atoms with Crippen molar-refractivity contribution in [2.24, 2.45) is 7.05 Å². The van der Waals surface area contributed by atoms with E-state index < -0.39 is 5.60 Å². The number of benzene rings is 1. The Morgan fingerprint density at radius 2 is 1.86 bits per heavy atom. The molecule has 0 radical (unpaired) electrons. The largest absolute Gasteiger partial charge is 0.363 e. The molecule has 0 N–H and O–H groups in total. The molecule has 1 aromatic carbocycles. The minimum absolute atomic E-state index is 0.0425. The van der Waals surface area contributed by atoms with Gasteiger partial charge in [0.2, 0.25) is 0 Å². The van der Waals surface area contributed by atoms with E-state index in [-0.39, 0.29) is 24.0 Å². The van der Waals surface area contributed by atoms with Crippen LogP contribution in [-0.2, 0) is 16.6 Å². The molecule has 1 aromatic heterocycles. The minimum atomic E-state index is -0.453. The smallest absolute Gasteiger partial charge is 0.254 e. The number of para-hydroxylation sites is 1. The van der Waals surface area contributed by atoms with Crippen LogP contribution in [0.1, 0.15) is 29.6 Å². The van der Waals surface area contributed by atoms with Crippen LogP contribution in [0.15, 0.2) is 53.5 Å². The number of likely N-dealkylation sites (tertiary alicyclic amines) is 1. The van der Waals surface area contributed by atoms with Gasteiger partial charge in [-0.25, -0.2) is 0 Å². The molecular weight excluding hydrogens is 370 g/mol. The maximum atomic E-state index is 12.9. The highest BCUT2D eigenvalue weighted by Crippen LogP contribution is 2.33. The number of nitrogens with zero attached hydrogens (tertiary/aromatic N) is 3. The molecule has 29 heavy (non-hydrogen) atoms. The van der Waals surface area contributed by atoms with Crippen LogP contribution in [0.4, 0.5) is 5.69 Å². The molecule has 0 saturated carbocycles. The summed E-state index contributed by atoms with van der Waals surface area (Å²) >= 11 is 0. The molecule has 1 unspecified atom stereocenters. The zero-order chi connectivity index (χ0) is 20.4. The maximum absolute atomic E-state index is 12.9. The fraction of sp³-hybridized carbons (Fsp3) is 0.409. The maximum Gasteiger partial charge on any atom is 0.254 e. The number of pyridine rings is 1. The molecule has 4 rings (SSSR count). The van der Waals surface area contributed by atoms with Gasteiger partial charge >= 0.3 is 0 Å². The standard InChI is InChI=1S/C22H25N3O4/c1-23-12-8-17(14-19(23)26)21(28)24-11-5-9-22(10-13-24)16-25(20(27)15-29-22)18-6-3-2-4-7-18/h2-4,6-8,12,14H,5,9-11,13,15-16H2,1H3. The van der Waals surface area contributed by atoms with Crippen LogP contribution in [0.3, 0.4) is 0 Å². The summed E-state index contributed by atoms with van der Waals surface area (Å²) in [6.45, 7) is 1.69. The first-order chi connectivity index (χ1) is 14.0. The lowest BCUT2D eigenvalue weighted by Gasteiger charge is -2.42. The number of aromatic nitrogens is 1. The van der Waals surface area contributed by atoms with Gasteiger partial charge in [-0.05, 0) is 37.5 Å². The van der Waals surface area contributed by atoms with E-state index >= 15 is 0 Å². The molecule has 1 spiro atoms. The van der Waals surface area contributed by atoms with Crippen molar-refractivity contribution in [1.82, 2.24) is 9.47 Å². The third-order valence-corrected chi connectivity index (χ3v) is 5.85. The Balaban J connectivity index is 1.49.